The van der Waals surface area contributed by atoms with E-state index in [2.05, 4.69) is 24.1 Å². The van der Waals surface area contributed by atoms with Crippen LogP contribution in [0.2, 0.25) is 0 Å². The van der Waals surface area contributed by atoms with Crippen LogP contribution >= 0.6 is 0 Å². The van der Waals surface area contributed by atoms with Gasteiger partial charge in [-0.15, -0.1) is 0 Å². The number of carbonyl (C=O) groups excluding carboxylic acids is 3. The Morgan fingerprint density at radius 2 is 1.69 bits per heavy atom. The minimum atomic E-state index is -0.746. The van der Waals surface area contributed by atoms with E-state index in [1.165, 1.54) is 5.57 Å². The molecule has 0 bridgehead atoms. The summed E-state index contributed by atoms with van der Waals surface area (Å²) in [6, 6.07) is 16.5. The summed E-state index contributed by atoms with van der Waals surface area (Å²) in [6.45, 7) is 10.3. The van der Waals surface area contributed by atoms with Gasteiger partial charge in [-0.2, -0.15) is 0 Å². The Balaban J connectivity index is 1.50. The summed E-state index contributed by atoms with van der Waals surface area (Å²) in [4.78, 5) is 39.0. The van der Waals surface area contributed by atoms with Crippen LogP contribution in [0.4, 0.5) is 5.69 Å². The second-order valence-corrected chi connectivity index (χ2v) is 10.4. The van der Waals surface area contributed by atoms with Crippen LogP contribution in [-0.2, 0) is 20.8 Å². The molecule has 5 nitrogen and oxygen atoms in total. The maximum absolute atomic E-state index is 13.4. The Bertz CT molecular complexity index is 1180. The molecule has 2 N–H and O–H groups in total. The van der Waals surface area contributed by atoms with Crippen molar-refractivity contribution in [3.8, 4) is 0 Å². The number of nitrogens with one attached hydrogen (secondary N) is 2. The Labute approximate surface area is 214 Å². The van der Waals surface area contributed by atoms with Gasteiger partial charge < -0.3 is 10.6 Å². The van der Waals surface area contributed by atoms with Crippen LogP contribution in [0.3, 0.4) is 0 Å². The minimum absolute atomic E-state index is 0.0363. The lowest BCUT2D eigenvalue weighted by atomic mass is 9.86. The van der Waals surface area contributed by atoms with Gasteiger partial charge in [-0.05, 0) is 74.1 Å². The van der Waals surface area contributed by atoms with Crippen molar-refractivity contribution < 1.29 is 14.4 Å². The van der Waals surface area contributed by atoms with Crippen molar-refractivity contribution in [3.05, 3.63) is 89.0 Å². The number of Topliss-reactive ketones (excluding diaryl/α,β-unsaturated/α-hetero) is 1. The van der Waals surface area contributed by atoms with Gasteiger partial charge in [0.05, 0.1) is 0 Å². The minimum Gasteiger partial charge on any atom is -0.340 e. The molecule has 4 atom stereocenters. The Hall–Kier alpha value is -3.47. The van der Waals surface area contributed by atoms with E-state index in [9.17, 15) is 14.4 Å². The standard InChI is InChI=1S/C31H36N2O3/c1-19-10-14-25(15-11-19)32-31(36)28(16-23-8-6-5-7-9-23)33-30(35)21(3)24-13-12-20(2)26-18-29(34)22(4)27(26)17-24/h5-11,14-15,20,24,26,28H,3,12-13,16-18H2,1-2,4H3,(H,32,36)(H,33,35)/t20-,24-,26-,28-/m0/s1. The molecular formula is C31H36N2O3. The predicted molar refractivity (Wildman–Crippen MR) is 143 cm³/mol. The van der Waals surface area contributed by atoms with Gasteiger partial charge in [0, 0.05) is 24.1 Å². The number of hydrogen-bond acceptors (Lipinski definition) is 3. The summed E-state index contributed by atoms with van der Waals surface area (Å²) in [5, 5.41) is 5.91. The third kappa shape index (κ3) is 5.84. The highest BCUT2D eigenvalue weighted by Crippen LogP contribution is 2.45. The Morgan fingerprint density at radius 1 is 1.00 bits per heavy atom. The van der Waals surface area contributed by atoms with Crippen molar-refractivity contribution >= 4 is 23.3 Å². The van der Waals surface area contributed by atoms with E-state index < -0.39 is 6.04 Å². The molecule has 2 aromatic rings. The third-order valence-corrected chi connectivity index (χ3v) is 7.88. The maximum atomic E-state index is 13.4. The van der Waals surface area contributed by atoms with Crippen LogP contribution in [-0.4, -0.2) is 23.6 Å². The van der Waals surface area contributed by atoms with E-state index in [4.69, 9.17) is 0 Å². The van der Waals surface area contributed by atoms with E-state index in [-0.39, 0.29) is 29.4 Å². The lowest BCUT2D eigenvalue weighted by Gasteiger charge is -2.23. The molecule has 0 spiro atoms. The van der Waals surface area contributed by atoms with Crippen molar-refractivity contribution in [2.45, 2.75) is 58.9 Å². The first kappa shape index (κ1) is 25.6. The van der Waals surface area contributed by atoms with Gasteiger partial charge in [-0.1, -0.05) is 67.1 Å². The van der Waals surface area contributed by atoms with Crippen LogP contribution in [0.25, 0.3) is 0 Å². The fraction of sp³-hybridized carbons (Fsp3) is 0.387. The fourth-order valence-electron chi connectivity index (χ4n) is 5.47. The van der Waals surface area contributed by atoms with E-state index in [0.717, 1.165) is 29.5 Å². The first-order valence-electron chi connectivity index (χ1n) is 12.9. The lowest BCUT2D eigenvalue weighted by Crippen LogP contribution is -2.46. The first-order valence-corrected chi connectivity index (χ1v) is 12.9. The molecule has 0 unspecified atom stereocenters. The zero-order valence-electron chi connectivity index (χ0n) is 21.5. The number of ketones is 1. The van der Waals surface area contributed by atoms with Crippen LogP contribution in [0, 0.1) is 24.7 Å². The average Bonchev–Trinajstić information content (AvgIpc) is 3.05. The number of anilines is 1. The third-order valence-electron chi connectivity index (χ3n) is 7.88. The van der Waals surface area contributed by atoms with Crippen molar-refractivity contribution in [1.82, 2.24) is 5.32 Å². The molecule has 0 radical (unpaired) electrons. The van der Waals surface area contributed by atoms with Crippen molar-refractivity contribution in [2.24, 2.45) is 17.8 Å². The maximum Gasteiger partial charge on any atom is 0.247 e. The van der Waals surface area contributed by atoms with Crippen molar-refractivity contribution in [3.63, 3.8) is 0 Å². The molecule has 4 rings (SSSR count). The predicted octanol–water partition coefficient (Wildman–Crippen LogP) is 5.56. The van der Waals surface area contributed by atoms with Crippen LogP contribution in [0.15, 0.2) is 77.9 Å². The SMILES string of the molecule is C=C(C(=O)N[C@@H](Cc1ccccc1)C(=O)Nc1ccc(C)cc1)[C@H]1CC[C@H](C)[C@@H]2CC(=O)C(C)=C2C1. The number of rotatable bonds is 7. The first-order chi connectivity index (χ1) is 17.2. The topological polar surface area (TPSA) is 75.3 Å². The van der Waals surface area contributed by atoms with Crippen molar-refractivity contribution in [2.75, 3.05) is 5.32 Å². The zero-order valence-corrected chi connectivity index (χ0v) is 21.5. The summed E-state index contributed by atoms with van der Waals surface area (Å²) >= 11 is 0. The number of allylic oxidation sites excluding steroid dienone is 2. The number of hydrogen-bond donors (Lipinski definition) is 2. The zero-order chi connectivity index (χ0) is 25.8. The monoisotopic (exact) mass is 484 g/mol. The van der Waals surface area contributed by atoms with Gasteiger partial charge in [-0.25, -0.2) is 0 Å². The van der Waals surface area contributed by atoms with Gasteiger partial charge in [0.15, 0.2) is 5.78 Å². The average molecular weight is 485 g/mol. The molecule has 5 heteroatoms. The molecule has 188 valence electrons. The molecule has 2 amide bonds. The van der Waals surface area contributed by atoms with Crippen LogP contribution in [0.1, 0.15) is 50.7 Å². The Kier molecular flexibility index (Phi) is 7.88. The van der Waals surface area contributed by atoms with E-state index in [1.54, 1.807) is 0 Å². The molecule has 0 heterocycles. The summed E-state index contributed by atoms with van der Waals surface area (Å²) < 4.78 is 0. The number of carbonyl (C=O) groups is 3. The Morgan fingerprint density at radius 3 is 2.39 bits per heavy atom. The van der Waals surface area contributed by atoms with Gasteiger partial charge in [0.25, 0.3) is 0 Å². The molecule has 1 fully saturated rings. The number of aryl methyl sites for hydroxylation is 1. The fourth-order valence-corrected chi connectivity index (χ4v) is 5.47. The molecule has 2 aliphatic rings. The summed E-state index contributed by atoms with van der Waals surface area (Å²) in [5.41, 5.74) is 5.31. The smallest absolute Gasteiger partial charge is 0.247 e. The highest BCUT2D eigenvalue weighted by atomic mass is 16.2. The lowest BCUT2D eigenvalue weighted by molar-refractivity contribution is -0.124. The summed E-state index contributed by atoms with van der Waals surface area (Å²) in [7, 11) is 0. The van der Waals surface area contributed by atoms with Crippen LogP contribution < -0.4 is 10.6 Å². The highest BCUT2D eigenvalue weighted by Gasteiger charge is 2.38. The molecule has 2 aromatic carbocycles. The molecule has 1 saturated carbocycles. The quantitative estimate of drug-likeness (QED) is 0.505. The number of amides is 2. The van der Waals surface area contributed by atoms with Gasteiger partial charge in [0.1, 0.15) is 6.04 Å². The number of fused-ring (bicyclic) bond motifs is 1. The van der Waals surface area contributed by atoms with Gasteiger partial charge in [-0.3, -0.25) is 14.4 Å². The highest BCUT2D eigenvalue weighted by molar-refractivity contribution is 6.01. The molecule has 0 saturated heterocycles. The molecule has 36 heavy (non-hydrogen) atoms. The molecule has 2 aliphatic carbocycles. The molecular weight excluding hydrogens is 448 g/mol. The largest absolute Gasteiger partial charge is 0.340 e. The van der Waals surface area contributed by atoms with Crippen molar-refractivity contribution in [1.29, 1.82) is 0 Å². The number of benzene rings is 2. The van der Waals surface area contributed by atoms with E-state index in [0.29, 0.717) is 36.4 Å². The molecule has 0 aliphatic heterocycles. The summed E-state index contributed by atoms with van der Waals surface area (Å²) in [6.07, 6.45) is 3.46. The van der Waals surface area contributed by atoms with Gasteiger partial charge >= 0.3 is 0 Å². The van der Waals surface area contributed by atoms with Crippen LogP contribution in [0.5, 0.6) is 0 Å². The normalized spacial score (nSPS) is 22.4. The second-order valence-electron chi connectivity index (χ2n) is 10.4. The summed E-state index contributed by atoms with van der Waals surface area (Å²) in [5.74, 6) is 0.323. The second kappa shape index (κ2) is 11.1. The van der Waals surface area contributed by atoms with Gasteiger partial charge in [0.2, 0.25) is 11.8 Å². The van der Waals surface area contributed by atoms with E-state index in [1.807, 2.05) is 68.4 Å². The van der Waals surface area contributed by atoms with E-state index >= 15 is 0 Å². The molecule has 0 aromatic heterocycles.